The van der Waals surface area contributed by atoms with Crippen molar-refractivity contribution >= 4 is 0 Å². The van der Waals surface area contributed by atoms with Gasteiger partial charge in [0.1, 0.15) is 5.82 Å². The highest BCUT2D eigenvalue weighted by Gasteiger charge is 2.34. The number of halogens is 4. The van der Waals surface area contributed by atoms with Gasteiger partial charge in [0.25, 0.3) is 0 Å². The zero-order chi connectivity index (χ0) is 14.1. The van der Waals surface area contributed by atoms with E-state index >= 15 is 0 Å². The van der Waals surface area contributed by atoms with Crippen molar-refractivity contribution in [1.82, 2.24) is 5.32 Å². The smallest absolute Gasteiger partial charge is 0.389 e. The second-order valence-electron chi connectivity index (χ2n) is 4.99. The van der Waals surface area contributed by atoms with E-state index in [1.165, 1.54) is 0 Å². The van der Waals surface area contributed by atoms with Crippen LogP contribution in [-0.2, 0) is 12.7 Å². The summed E-state index contributed by atoms with van der Waals surface area (Å²) in [6.07, 6.45) is -2.19. The molecule has 1 aliphatic rings. The topological polar surface area (TPSA) is 32.3 Å². The van der Waals surface area contributed by atoms with E-state index < -0.39 is 23.2 Å². The van der Waals surface area contributed by atoms with Gasteiger partial charge in [-0.05, 0) is 37.5 Å². The number of hydrogen-bond acceptors (Lipinski definition) is 2. The SMILES string of the molecule is OC1(CNCc2cc(C(F)(F)F)ccc2F)CCC1. The van der Waals surface area contributed by atoms with Gasteiger partial charge in [0, 0.05) is 18.7 Å². The summed E-state index contributed by atoms with van der Waals surface area (Å²) < 4.78 is 50.9. The van der Waals surface area contributed by atoms with Crippen molar-refractivity contribution < 1.29 is 22.7 Å². The predicted molar refractivity (Wildman–Crippen MR) is 61.9 cm³/mol. The van der Waals surface area contributed by atoms with E-state index in [2.05, 4.69) is 5.32 Å². The molecule has 0 aliphatic heterocycles. The molecule has 0 unspecified atom stereocenters. The summed E-state index contributed by atoms with van der Waals surface area (Å²) in [7, 11) is 0. The lowest BCUT2D eigenvalue weighted by Gasteiger charge is -2.36. The van der Waals surface area contributed by atoms with E-state index in [0.717, 1.165) is 24.6 Å². The maximum Gasteiger partial charge on any atom is 0.416 e. The first-order chi connectivity index (χ1) is 8.80. The van der Waals surface area contributed by atoms with Crippen molar-refractivity contribution in [2.24, 2.45) is 0 Å². The highest BCUT2D eigenvalue weighted by molar-refractivity contribution is 5.27. The zero-order valence-electron chi connectivity index (χ0n) is 10.2. The fourth-order valence-corrected chi connectivity index (χ4v) is 2.08. The minimum absolute atomic E-state index is 0.0297. The molecule has 0 bridgehead atoms. The molecule has 0 atom stereocenters. The Bertz CT molecular complexity index is 454. The minimum Gasteiger partial charge on any atom is -0.389 e. The van der Waals surface area contributed by atoms with E-state index in [0.29, 0.717) is 12.8 Å². The molecule has 106 valence electrons. The first-order valence-corrected chi connectivity index (χ1v) is 6.09. The summed E-state index contributed by atoms with van der Waals surface area (Å²) in [5.74, 6) is -0.680. The Morgan fingerprint density at radius 3 is 2.47 bits per heavy atom. The average molecular weight is 277 g/mol. The molecule has 1 aromatic rings. The van der Waals surface area contributed by atoms with E-state index in [4.69, 9.17) is 0 Å². The van der Waals surface area contributed by atoms with Crippen molar-refractivity contribution in [2.75, 3.05) is 6.54 Å². The average Bonchev–Trinajstić information content (AvgIpc) is 2.28. The summed E-state index contributed by atoms with van der Waals surface area (Å²) in [5, 5.41) is 12.6. The third-order valence-corrected chi connectivity index (χ3v) is 3.43. The van der Waals surface area contributed by atoms with Gasteiger partial charge in [-0.3, -0.25) is 0 Å². The molecule has 19 heavy (non-hydrogen) atoms. The van der Waals surface area contributed by atoms with Gasteiger partial charge in [0.05, 0.1) is 11.2 Å². The highest BCUT2D eigenvalue weighted by atomic mass is 19.4. The van der Waals surface area contributed by atoms with Gasteiger partial charge in [-0.1, -0.05) is 0 Å². The van der Waals surface area contributed by atoms with Gasteiger partial charge in [-0.25, -0.2) is 4.39 Å². The van der Waals surface area contributed by atoms with Gasteiger partial charge in [0.15, 0.2) is 0 Å². The van der Waals surface area contributed by atoms with Crippen LogP contribution in [-0.4, -0.2) is 17.3 Å². The normalized spacial score (nSPS) is 18.2. The molecule has 1 saturated carbocycles. The first-order valence-electron chi connectivity index (χ1n) is 6.09. The van der Waals surface area contributed by atoms with Gasteiger partial charge in [-0.15, -0.1) is 0 Å². The molecule has 0 spiro atoms. The number of benzene rings is 1. The van der Waals surface area contributed by atoms with Crippen LogP contribution in [0.3, 0.4) is 0 Å². The second kappa shape index (κ2) is 5.09. The Hall–Kier alpha value is -1.14. The van der Waals surface area contributed by atoms with Crippen molar-refractivity contribution in [1.29, 1.82) is 0 Å². The molecular formula is C13H15F4NO. The Labute approximate surface area is 108 Å². The standard InChI is InChI=1S/C13H15F4NO/c14-11-3-2-10(13(15,16)17)6-9(11)7-18-8-12(19)4-1-5-12/h2-3,6,18-19H,1,4-5,7-8H2. The van der Waals surface area contributed by atoms with Crippen LogP contribution in [0.25, 0.3) is 0 Å². The van der Waals surface area contributed by atoms with Crippen molar-refractivity contribution in [3.05, 3.63) is 35.1 Å². The largest absolute Gasteiger partial charge is 0.416 e. The highest BCUT2D eigenvalue weighted by Crippen LogP contribution is 2.31. The summed E-state index contributed by atoms with van der Waals surface area (Å²) >= 11 is 0. The van der Waals surface area contributed by atoms with Crippen LogP contribution in [0, 0.1) is 5.82 Å². The monoisotopic (exact) mass is 277 g/mol. The molecule has 0 heterocycles. The van der Waals surface area contributed by atoms with Crippen LogP contribution in [0.2, 0.25) is 0 Å². The van der Waals surface area contributed by atoms with Crippen molar-refractivity contribution in [2.45, 2.75) is 37.6 Å². The predicted octanol–water partition coefficient (Wildman–Crippen LogP) is 2.85. The summed E-state index contributed by atoms with van der Waals surface area (Å²) in [5.41, 5.74) is -1.69. The van der Waals surface area contributed by atoms with E-state index in [9.17, 15) is 22.7 Å². The number of nitrogens with one attached hydrogen (secondary N) is 1. The lowest BCUT2D eigenvalue weighted by atomic mass is 9.80. The van der Waals surface area contributed by atoms with Gasteiger partial charge >= 0.3 is 6.18 Å². The van der Waals surface area contributed by atoms with Crippen LogP contribution in [0.15, 0.2) is 18.2 Å². The lowest BCUT2D eigenvalue weighted by Crippen LogP contribution is -2.46. The molecule has 0 saturated heterocycles. The number of hydrogen-bond donors (Lipinski definition) is 2. The van der Waals surface area contributed by atoms with E-state index in [1.807, 2.05) is 0 Å². The first kappa shape index (κ1) is 14.3. The molecule has 2 rings (SSSR count). The Balaban J connectivity index is 1.99. The van der Waals surface area contributed by atoms with Crippen LogP contribution in [0.1, 0.15) is 30.4 Å². The van der Waals surface area contributed by atoms with Crippen molar-refractivity contribution in [3.8, 4) is 0 Å². The molecular weight excluding hydrogens is 262 g/mol. The minimum atomic E-state index is -4.48. The van der Waals surface area contributed by atoms with Crippen molar-refractivity contribution in [3.63, 3.8) is 0 Å². The molecule has 2 nitrogen and oxygen atoms in total. The Morgan fingerprint density at radius 1 is 1.26 bits per heavy atom. The summed E-state index contributed by atoms with van der Waals surface area (Å²) in [6.45, 7) is 0.237. The van der Waals surface area contributed by atoms with Gasteiger partial charge in [0.2, 0.25) is 0 Å². The quantitative estimate of drug-likeness (QED) is 0.829. The molecule has 2 N–H and O–H groups in total. The van der Waals surface area contributed by atoms with E-state index in [1.54, 1.807) is 0 Å². The molecule has 0 radical (unpaired) electrons. The number of aliphatic hydroxyl groups is 1. The third kappa shape index (κ3) is 3.45. The second-order valence-corrected chi connectivity index (χ2v) is 4.99. The third-order valence-electron chi connectivity index (χ3n) is 3.43. The van der Waals surface area contributed by atoms with Crippen LogP contribution >= 0.6 is 0 Å². The fraction of sp³-hybridized carbons (Fsp3) is 0.538. The van der Waals surface area contributed by atoms with Crippen LogP contribution in [0.5, 0.6) is 0 Å². The van der Waals surface area contributed by atoms with Crippen LogP contribution in [0.4, 0.5) is 17.6 Å². The zero-order valence-corrected chi connectivity index (χ0v) is 10.2. The number of rotatable bonds is 4. The summed E-state index contributed by atoms with van der Waals surface area (Å²) in [6, 6.07) is 2.34. The summed E-state index contributed by atoms with van der Waals surface area (Å²) in [4.78, 5) is 0. The number of alkyl halides is 3. The maximum atomic E-state index is 13.4. The molecule has 1 aromatic carbocycles. The fourth-order valence-electron chi connectivity index (χ4n) is 2.08. The lowest BCUT2D eigenvalue weighted by molar-refractivity contribution is -0.137. The molecule has 0 amide bonds. The van der Waals surface area contributed by atoms with E-state index in [-0.39, 0.29) is 18.7 Å². The van der Waals surface area contributed by atoms with Gasteiger partial charge in [-0.2, -0.15) is 13.2 Å². The Kier molecular flexibility index (Phi) is 3.82. The molecule has 0 aromatic heterocycles. The molecule has 1 fully saturated rings. The molecule has 1 aliphatic carbocycles. The van der Waals surface area contributed by atoms with Gasteiger partial charge < -0.3 is 10.4 Å². The van der Waals surface area contributed by atoms with Crippen LogP contribution < -0.4 is 5.32 Å². The molecule has 6 heteroatoms. The maximum absolute atomic E-state index is 13.4. The Morgan fingerprint density at radius 2 is 1.95 bits per heavy atom.